The molecule has 2 aromatic heterocycles. The Hall–Kier alpha value is -1.65. The summed E-state index contributed by atoms with van der Waals surface area (Å²) in [7, 11) is 0. The Morgan fingerprint density at radius 1 is 1.50 bits per heavy atom. The van der Waals surface area contributed by atoms with Crippen LogP contribution in [-0.2, 0) is 13.0 Å². The maximum Gasteiger partial charge on any atom is 0.261 e. The summed E-state index contributed by atoms with van der Waals surface area (Å²) in [5, 5.41) is 8.18. The van der Waals surface area contributed by atoms with Crippen molar-refractivity contribution < 1.29 is 4.52 Å². The van der Waals surface area contributed by atoms with Crippen LogP contribution in [0.3, 0.4) is 0 Å². The highest BCUT2D eigenvalue weighted by molar-refractivity contribution is 5.55. The van der Waals surface area contributed by atoms with Gasteiger partial charge >= 0.3 is 0 Å². The summed E-state index contributed by atoms with van der Waals surface area (Å²) in [5.74, 6) is 1.96. The molecule has 0 radical (unpaired) electrons. The number of nitrogens with zero attached hydrogens (tertiary/aromatic N) is 4. The van der Waals surface area contributed by atoms with Crippen LogP contribution in [0.25, 0.3) is 11.5 Å². The molecule has 0 spiro atoms. The SMILES string of the molecule is Cc1noc(-c2cnn3c2CC(C)CC3)n1. The van der Waals surface area contributed by atoms with Crippen LogP contribution >= 0.6 is 0 Å². The molecule has 3 rings (SSSR count). The second-order valence-corrected chi connectivity index (χ2v) is 4.47. The van der Waals surface area contributed by atoms with Crippen LogP contribution in [0, 0.1) is 12.8 Å². The lowest BCUT2D eigenvalue weighted by Crippen LogP contribution is -2.18. The number of hydrogen-bond acceptors (Lipinski definition) is 4. The van der Waals surface area contributed by atoms with Crippen LogP contribution in [-0.4, -0.2) is 19.9 Å². The fourth-order valence-corrected chi connectivity index (χ4v) is 2.18. The van der Waals surface area contributed by atoms with Crippen molar-refractivity contribution in [3.8, 4) is 11.5 Å². The van der Waals surface area contributed by atoms with Crippen molar-refractivity contribution in [3.05, 3.63) is 17.7 Å². The van der Waals surface area contributed by atoms with Crippen molar-refractivity contribution in [1.29, 1.82) is 0 Å². The van der Waals surface area contributed by atoms with Crippen molar-refractivity contribution in [2.75, 3.05) is 0 Å². The highest BCUT2D eigenvalue weighted by atomic mass is 16.5. The number of aromatic nitrogens is 4. The molecule has 0 fully saturated rings. The van der Waals surface area contributed by atoms with E-state index in [1.807, 2.05) is 13.1 Å². The second kappa shape index (κ2) is 3.43. The molecule has 2 aromatic rings. The van der Waals surface area contributed by atoms with Gasteiger partial charge in [0.2, 0.25) is 0 Å². The van der Waals surface area contributed by atoms with Crippen LogP contribution in [0.4, 0.5) is 0 Å². The van der Waals surface area contributed by atoms with E-state index in [1.165, 1.54) is 12.1 Å². The Bertz CT molecular complexity index is 514. The monoisotopic (exact) mass is 218 g/mol. The second-order valence-electron chi connectivity index (χ2n) is 4.47. The minimum atomic E-state index is 0.591. The summed E-state index contributed by atoms with van der Waals surface area (Å²) in [6.07, 6.45) is 4.06. The van der Waals surface area contributed by atoms with Crippen molar-refractivity contribution in [2.45, 2.75) is 33.2 Å². The molecule has 0 saturated carbocycles. The molecular formula is C11H14N4O. The first kappa shape index (κ1) is 9.57. The maximum absolute atomic E-state index is 5.20. The minimum absolute atomic E-state index is 0.591. The summed E-state index contributed by atoms with van der Waals surface area (Å²) in [5.41, 5.74) is 2.22. The first-order chi connectivity index (χ1) is 7.74. The van der Waals surface area contributed by atoms with E-state index >= 15 is 0 Å². The first-order valence-electron chi connectivity index (χ1n) is 5.59. The molecule has 0 saturated heterocycles. The molecule has 1 aliphatic rings. The van der Waals surface area contributed by atoms with Gasteiger partial charge in [-0.15, -0.1) is 0 Å². The van der Waals surface area contributed by atoms with Crippen molar-refractivity contribution in [2.24, 2.45) is 5.92 Å². The summed E-state index contributed by atoms with van der Waals surface area (Å²) < 4.78 is 7.25. The Kier molecular flexibility index (Phi) is 2.05. The number of hydrogen-bond donors (Lipinski definition) is 0. The van der Waals surface area contributed by atoms with E-state index in [4.69, 9.17) is 4.52 Å². The van der Waals surface area contributed by atoms with Gasteiger partial charge in [0, 0.05) is 6.54 Å². The Labute approximate surface area is 93.5 Å². The zero-order valence-corrected chi connectivity index (χ0v) is 9.47. The Morgan fingerprint density at radius 3 is 3.12 bits per heavy atom. The molecule has 5 nitrogen and oxygen atoms in total. The van der Waals surface area contributed by atoms with Crippen molar-refractivity contribution in [3.63, 3.8) is 0 Å². The van der Waals surface area contributed by atoms with Gasteiger partial charge in [-0.3, -0.25) is 4.68 Å². The molecule has 5 heteroatoms. The van der Waals surface area contributed by atoms with Gasteiger partial charge in [-0.1, -0.05) is 12.1 Å². The zero-order chi connectivity index (χ0) is 11.1. The van der Waals surface area contributed by atoms with Gasteiger partial charge in [-0.05, 0) is 25.7 Å². The summed E-state index contributed by atoms with van der Waals surface area (Å²) >= 11 is 0. The van der Waals surface area contributed by atoms with E-state index in [2.05, 4.69) is 26.8 Å². The first-order valence-corrected chi connectivity index (χ1v) is 5.59. The third kappa shape index (κ3) is 1.43. The topological polar surface area (TPSA) is 56.7 Å². The van der Waals surface area contributed by atoms with Gasteiger partial charge in [0.1, 0.15) is 0 Å². The highest BCUT2D eigenvalue weighted by Crippen LogP contribution is 2.28. The van der Waals surface area contributed by atoms with Crippen LogP contribution in [0.2, 0.25) is 0 Å². The Morgan fingerprint density at radius 2 is 2.38 bits per heavy atom. The Balaban J connectivity index is 2.06. The lowest BCUT2D eigenvalue weighted by molar-refractivity contribution is 0.389. The molecule has 84 valence electrons. The molecule has 1 unspecified atom stereocenters. The molecule has 1 aliphatic heterocycles. The summed E-state index contributed by atoms with van der Waals surface area (Å²) in [6, 6.07) is 0. The third-order valence-electron chi connectivity index (χ3n) is 3.08. The third-order valence-corrected chi connectivity index (χ3v) is 3.08. The fourth-order valence-electron chi connectivity index (χ4n) is 2.18. The van der Waals surface area contributed by atoms with Gasteiger partial charge in [0.15, 0.2) is 5.82 Å². The molecule has 16 heavy (non-hydrogen) atoms. The van der Waals surface area contributed by atoms with Crippen molar-refractivity contribution in [1.82, 2.24) is 19.9 Å². The van der Waals surface area contributed by atoms with E-state index in [0.29, 0.717) is 17.6 Å². The molecular weight excluding hydrogens is 204 g/mol. The van der Waals surface area contributed by atoms with Gasteiger partial charge in [-0.2, -0.15) is 10.1 Å². The quantitative estimate of drug-likeness (QED) is 0.732. The largest absolute Gasteiger partial charge is 0.334 e. The van der Waals surface area contributed by atoms with Gasteiger partial charge in [0.25, 0.3) is 5.89 Å². The standard InChI is InChI=1S/C11H14N4O/c1-7-3-4-15-10(5-7)9(6-12-15)11-13-8(2)14-16-11/h6-7H,3-5H2,1-2H3. The van der Waals surface area contributed by atoms with Crippen LogP contribution < -0.4 is 0 Å². The molecule has 0 aliphatic carbocycles. The predicted octanol–water partition coefficient (Wildman–Crippen LogP) is 1.82. The average Bonchev–Trinajstić information content (AvgIpc) is 2.83. The smallest absolute Gasteiger partial charge is 0.261 e. The zero-order valence-electron chi connectivity index (χ0n) is 9.47. The lowest BCUT2D eigenvalue weighted by atomic mass is 9.96. The average molecular weight is 218 g/mol. The van der Waals surface area contributed by atoms with Crippen LogP contribution in [0.1, 0.15) is 24.9 Å². The van der Waals surface area contributed by atoms with E-state index in [-0.39, 0.29) is 0 Å². The summed E-state index contributed by atoms with van der Waals surface area (Å²) in [4.78, 5) is 4.26. The minimum Gasteiger partial charge on any atom is -0.334 e. The normalized spacial score (nSPS) is 19.8. The number of rotatable bonds is 1. The van der Waals surface area contributed by atoms with E-state index in [1.54, 1.807) is 0 Å². The lowest BCUT2D eigenvalue weighted by Gasteiger charge is -2.19. The van der Waals surface area contributed by atoms with Gasteiger partial charge < -0.3 is 4.52 Å². The molecule has 3 heterocycles. The highest BCUT2D eigenvalue weighted by Gasteiger charge is 2.22. The predicted molar refractivity (Wildman–Crippen MR) is 57.7 cm³/mol. The van der Waals surface area contributed by atoms with E-state index in [9.17, 15) is 0 Å². The van der Waals surface area contributed by atoms with Crippen LogP contribution in [0.15, 0.2) is 10.7 Å². The number of fused-ring (bicyclic) bond motifs is 1. The van der Waals surface area contributed by atoms with E-state index < -0.39 is 0 Å². The van der Waals surface area contributed by atoms with Gasteiger partial charge in [-0.25, -0.2) is 0 Å². The number of aryl methyl sites for hydroxylation is 2. The van der Waals surface area contributed by atoms with E-state index in [0.717, 1.165) is 18.5 Å². The molecule has 0 aromatic carbocycles. The molecule has 0 N–H and O–H groups in total. The molecule has 0 bridgehead atoms. The summed E-state index contributed by atoms with van der Waals surface area (Å²) in [6.45, 7) is 5.08. The molecule has 0 amide bonds. The van der Waals surface area contributed by atoms with Gasteiger partial charge in [0.05, 0.1) is 17.5 Å². The molecule has 1 atom stereocenters. The fraction of sp³-hybridized carbons (Fsp3) is 0.545. The van der Waals surface area contributed by atoms with Crippen LogP contribution in [0.5, 0.6) is 0 Å². The van der Waals surface area contributed by atoms with Crippen molar-refractivity contribution >= 4 is 0 Å². The maximum atomic E-state index is 5.20.